The number of benzene rings is 2. The molecule has 1 aliphatic rings. The zero-order chi connectivity index (χ0) is 18.5. The Labute approximate surface area is 156 Å². The Morgan fingerprint density at radius 2 is 1.81 bits per heavy atom. The lowest BCUT2D eigenvalue weighted by Crippen LogP contribution is -2.35. The Balaban J connectivity index is 1.60. The van der Waals surface area contributed by atoms with Crippen molar-refractivity contribution in [2.45, 2.75) is 33.4 Å². The SMILES string of the molecule is Cc1ccc([C@@H](C)NC(=O)c2ccc(CN3CCOCC3)cc2)c(C)c1. The van der Waals surface area contributed by atoms with Crippen LogP contribution in [-0.4, -0.2) is 37.1 Å². The van der Waals surface area contributed by atoms with Crippen molar-refractivity contribution in [3.05, 3.63) is 70.3 Å². The van der Waals surface area contributed by atoms with Crippen molar-refractivity contribution in [1.82, 2.24) is 10.2 Å². The van der Waals surface area contributed by atoms with E-state index in [9.17, 15) is 4.79 Å². The number of hydrogen-bond donors (Lipinski definition) is 1. The molecule has 0 spiro atoms. The maximum absolute atomic E-state index is 12.6. The average Bonchev–Trinajstić information content (AvgIpc) is 2.63. The molecule has 2 aromatic rings. The van der Waals surface area contributed by atoms with Gasteiger partial charge < -0.3 is 10.1 Å². The summed E-state index contributed by atoms with van der Waals surface area (Å²) in [4.78, 5) is 14.9. The second-order valence-electron chi connectivity index (χ2n) is 7.14. The van der Waals surface area contributed by atoms with Crippen molar-refractivity contribution in [1.29, 1.82) is 0 Å². The summed E-state index contributed by atoms with van der Waals surface area (Å²) in [5.41, 5.74) is 5.53. The molecule has 1 saturated heterocycles. The summed E-state index contributed by atoms with van der Waals surface area (Å²) in [6.07, 6.45) is 0. The zero-order valence-electron chi connectivity index (χ0n) is 15.9. The van der Waals surface area contributed by atoms with Crippen LogP contribution in [0.5, 0.6) is 0 Å². The largest absolute Gasteiger partial charge is 0.379 e. The first-order valence-corrected chi connectivity index (χ1v) is 9.30. The molecule has 0 bridgehead atoms. The monoisotopic (exact) mass is 352 g/mol. The molecule has 1 aliphatic heterocycles. The fraction of sp³-hybridized carbons (Fsp3) is 0.409. The van der Waals surface area contributed by atoms with E-state index in [1.54, 1.807) is 0 Å². The molecule has 1 amide bonds. The van der Waals surface area contributed by atoms with Crippen LogP contribution in [0.4, 0.5) is 0 Å². The summed E-state index contributed by atoms with van der Waals surface area (Å²) in [5, 5.41) is 3.11. The lowest BCUT2D eigenvalue weighted by molar-refractivity contribution is 0.0342. The van der Waals surface area contributed by atoms with Gasteiger partial charge in [-0.05, 0) is 49.6 Å². The van der Waals surface area contributed by atoms with Crippen molar-refractivity contribution >= 4 is 5.91 Å². The van der Waals surface area contributed by atoms with E-state index in [0.29, 0.717) is 5.56 Å². The molecule has 1 atom stereocenters. The Bertz CT molecular complexity index is 749. The van der Waals surface area contributed by atoms with E-state index in [2.05, 4.69) is 42.3 Å². The predicted octanol–water partition coefficient (Wildman–Crippen LogP) is 3.63. The van der Waals surface area contributed by atoms with Gasteiger partial charge in [0, 0.05) is 25.2 Å². The molecular formula is C22H28N2O2. The number of ether oxygens (including phenoxy) is 1. The highest BCUT2D eigenvalue weighted by molar-refractivity contribution is 5.94. The average molecular weight is 352 g/mol. The summed E-state index contributed by atoms with van der Waals surface area (Å²) in [6, 6.07) is 14.2. The van der Waals surface area contributed by atoms with Crippen LogP contribution in [0.15, 0.2) is 42.5 Å². The Kier molecular flexibility index (Phi) is 6.07. The van der Waals surface area contributed by atoms with Gasteiger partial charge in [-0.15, -0.1) is 0 Å². The third-order valence-electron chi connectivity index (χ3n) is 4.97. The van der Waals surface area contributed by atoms with Gasteiger partial charge in [-0.2, -0.15) is 0 Å². The van der Waals surface area contributed by atoms with Gasteiger partial charge in [0.25, 0.3) is 5.91 Å². The summed E-state index contributed by atoms with van der Waals surface area (Å²) >= 11 is 0. The third kappa shape index (κ3) is 4.71. The van der Waals surface area contributed by atoms with Crippen LogP contribution in [0.25, 0.3) is 0 Å². The summed E-state index contributed by atoms with van der Waals surface area (Å²) in [7, 11) is 0. The maximum atomic E-state index is 12.6. The van der Waals surface area contributed by atoms with Crippen LogP contribution in [0.2, 0.25) is 0 Å². The minimum atomic E-state index is -0.0320. The molecule has 0 unspecified atom stereocenters. The molecule has 0 saturated carbocycles. The predicted molar refractivity (Wildman–Crippen MR) is 104 cm³/mol. The van der Waals surface area contributed by atoms with Gasteiger partial charge in [-0.25, -0.2) is 0 Å². The summed E-state index contributed by atoms with van der Waals surface area (Å²) < 4.78 is 5.38. The fourth-order valence-electron chi connectivity index (χ4n) is 3.45. The second kappa shape index (κ2) is 8.47. The van der Waals surface area contributed by atoms with E-state index in [1.807, 2.05) is 31.2 Å². The van der Waals surface area contributed by atoms with Crippen LogP contribution in [0.3, 0.4) is 0 Å². The standard InChI is InChI=1S/C22H28N2O2/c1-16-4-9-21(17(2)14-16)18(3)23-22(25)20-7-5-19(6-8-20)15-24-10-12-26-13-11-24/h4-9,14,18H,10-13,15H2,1-3H3,(H,23,25)/t18-/m1/s1. The van der Waals surface area contributed by atoms with Crippen LogP contribution < -0.4 is 5.32 Å². The summed E-state index contributed by atoms with van der Waals surface area (Å²) in [5.74, 6) is -0.0320. The Morgan fingerprint density at radius 1 is 1.12 bits per heavy atom. The lowest BCUT2D eigenvalue weighted by atomic mass is 10.00. The Morgan fingerprint density at radius 3 is 2.46 bits per heavy atom. The number of aryl methyl sites for hydroxylation is 2. The topological polar surface area (TPSA) is 41.6 Å². The normalized spacial score (nSPS) is 16.3. The van der Waals surface area contributed by atoms with Gasteiger partial charge in [0.1, 0.15) is 0 Å². The number of nitrogens with one attached hydrogen (secondary N) is 1. The molecule has 0 aliphatic carbocycles. The molecule has 1 N–H and O–H groups in total. The maximum Gasteiger partial charge on any atom is 0.251 e. The molecule has 4 nitrogen and oxygen atoms in total. The number of hydrogen-bond acceptors (Lipinski definition) is 3. The second-order valence-corrected chi connectivity index (χ2v) is 7.14. The quantitative estimate of drug-likeness (QED) is 0.893. The van der Waals surface area contributed by atoms with Crippen LogP contribution in [0.1, 0.15) is 45.6 Å². The first-order chi connectivity index (χ1) is 12.5. The Hall–Kier alpha value is -2.17. The van der Waals surface area contributed by atoms with Crippen LogP contribution in [0, 0.1) is 13.8 Å². The van der Waals surface area contributed by atoms with Gasteiger partial charge >= 0.3 is 0 Å². The highest BCUT2D eigenvalue weighted by Gasteiger charge is 2.14. The number of morpholine rings is 1. The smallest absolute Gasteiger partial charge is 0.251 e. The van der Waals surface area contributed by atoms with Crippen molar-refractivity contribution in [2.24, 2.45) is 0 Å². The summed E-state index contributed by atoms with van der Waals surface area (Å²) in [6.45, 7) is 10.6. The van der Waals surface area contributed by atoms with Gasteiger partial charge in [0.2, 0.25) is 0 Å². The fourth-order valence-corrected chi connectivity index (χ4v) is 3.45. The number of carbonyl (C=O) groups is 1. The minimum Gasteiger partial charge on any atom is -0.379 e. The van der Waals surface area contributed by atoms with E-state index in [4.69, 9.17) is 4.74 Å². The molecule has 3 rings (SSSR count). The van der Waals surface area contributed by atoms with Gasteiger partial charge in [0.15, 0.2) is 0 Å². The lowest BCUT2D eigenvalue weighted by Gasteiger charge is -2.26. The zero-order valence-corrected chi connectivity index (χ0v) is 15.9. The van der Waals surface area contributed by atoms with Crippen molar-refractivity contribution in [2.75, 3.05) is 26.3 Å². The van der Waals surface area contributed by atoms with Crippen molar-refractivity contribution < 1.29 is 9.53 Å². The van der Waals surface area contributed by atoms with Crippen molar-refractivity contribution in [3.63, 3.8) is 0 Å². The highest BCUT2D eigenvalue weighted by atomic mass is 16.5. The first kappa shape index (κ1) is 18.6. The van der Waals surface area contributed by atoms with Gasteiger partial charge in [-0.3, -0.25) is 9.69 Å². The molecular weight excluding hydrogens is 324 g/mol. The van der Waals surface area contributed by atoms with Gasteiger partial charge in [-0.1, -0.05) is 35.9 Å². The molecule has 0 aromatic heterocycles. The van der Waals surface area contributed by atoms with E-state index in [-0.39, 0.29) is 11.9 Å². The minimum absolute atomic E-state index is 0.0175. The van der Waals surface area contributed by atoms with Gasteiger partial charge in [0.05, 0.1) is 19.3 Å². The van der Waals surface area contributed by atoms with E-state index in [0.717, 1.165) is 38.4 Å². The molecule has 1 heterocycles. The highest BCUT2D eigenvalue weighted by Crippen LogP contribution is 2.19. The number of amides is 1. The number of nitrogens with zero attached hydrogens (tertiary/aromatic N) is 1. The van der Waals surface area contributed by atoms with E-state index >= 15 is 0 Å². The third-order valence-corrected chi connectivity index (χ3v) is 4.97. The number of carbonyl (C=O) groups excluding carboxylic acids is 1. The molecule has 138 valence electrons. The molecule has 1 fully saturated rings. The van der Waals surface area contributed by atoms with Crippen molar-refractivity contribution in [3.8, 4) is 0 Å². The van der Waals surface area contributed by atoms with Crippen LogP contribution in [-0.2, 0) is 11.3 Å². The molecule has 4 heteroatoms. The van der Waals surface area contributed by atoms with Crippen LogP contribution >= 0.6 is 0 Å². The molecule has 0 radical (unpaired) electrons. The van der Waals surface area contributed by atoms with E-state index < -0.39 is 0 Å². The first-order valence-electron chi connectivity index (χ1n) is 9.30. The number of rotatable bonds is 5. The molecule has 26 heavy (non-hydrogen) atoms. The van der Waals surface area contributed by atoms with E-state index in [1.165, 1.54) is 16.7 Å². The molecule has 2 aromatic carbocycles.